The minimum atomic E-state index is -0.469. The van der Waals surface area contributed by atoms with Crippen molar-refractivity contribution >= 4 is 22.8 Å². The maximum atomic E-state index is 14.1. The SMILES string of the molecule is CC(=O)N[C@@H]1CN(C(=O)c2oc3c(F)cccc3c2C)C2(CCNCC2)C1. The Morgan fingerprint density at radius 2 is 2.07 bits per heavy atom. The smallest absolute Gasteiger partial charge is 0.290 e. The molecule has 2 N–H and O–H groups in total. The minimum absolute atomic E-state index is 0.0778. The molecule has 1 aromatic carbocycles. The van der Waals surface area contributed by atoms with Gasteiger partial charge in [-0.25, -0.2) is 4.39 Å². The van der Waals surface area contributed by atoms with Gasteiger partial charge in [-0.2, -0.15) is 0 Å². The van der Waals surface area contributed by atoms with Crippen molar-refractivity contribution in [3.8, 4) is 0 Å². The van der Waals surface area contributed by atoms with Crippen LogP contribution in [0.5, 0.6) is 0 Å². The summed E-state index contributed by atoms with van der Waals surface area (Å²) in [7, 11) is 0. The number of hydrogen-bond donors (Lipinski definition) is 2. The van der Waals surface area contributed by atoms with Crippen molar-refractivity contribution in [2.24, 2.45) is 0 Å². The van der Waals surface area contributed by atoms with E-state index in [1.54, 1.807) is 19.1 Å². The first-order valence-electron chi connectivity index (χ1n) is 9.39. The van der Waals surface area contributed by atoms with Crippen LogP contribution >= 0.6 is 0 Å². The van der Waals surface area contributed by atoms with Crippen LogP contribution < -0.4 is 10.6 Å². The van der Waals surface area contributed by atoms with E-state index in [4.69, 9.17) is 4.42 Å². The number of amides is 2. The van der Waals surface area contributed by atoms with Gasteiger partial charge in [-0.1, -0.05) is 12.1 Å². The quantitative estimate of drug-likeness (QED) is 0.848. The van der Waals surface area contributed by atoms with E-state index in [9.17, 15) is 14.0 Å². The number of carbonyl (C=O) groups excluding carboxylic acids is 2. The lowest BCUT2D eigenvalue weighted by atomic mass is 9.84. The third-order valence-electron chi connectivity index (χ3n) is 5.90. The highest BCUT2D eigenvalue weighted by molar-refractivity contribution is 5.99. The van der Waals surface area contributed by atoms with Gasteiger partial charge in [0, 0.05) is 36.0 Å². The molecule has 1 atom stereocenters. The number of aryl methyl sites for hydroxylation is 1. The number of rotatable bonds is 2. The third kappa shape index (κ3) is 3.00. The van der Waals surface area contributed by atoms with Crippen LogP contribution in [-0.2, 0) is 4.79 Å². The number of likely N-dealkylation sites (tertiary alicyclic amines) is 1. The first-order chi connectivity index (χ1) is 12.9. The van der Waals surface area contributed by atoms with Gasteiger partial charge in [0.25, 0.3) is 5.91 Å². The van der Waals surface area contributed by atoms with Gasteiger partial charge < -0.3 is 20.0 Å². The number of para-hydroxylation sites is 1. The summed E-state index contributed by atoms with van der Waals surface area (Å²) in [5.74, 6) is -0.599. The topological polar surface area (TPSA) is 74.6 Å². The number of nitrogens with one attached hydrogen (secondary N) is 2. The molecular formula is C20H24FN3O3. The lowest BCUT2D eigenvalue weighted by Gasteiger charge is -2.41. The van der Waals surface area contributed by atoms with E-state index in [1.807, 2.05) is 4.90 Å². The van der Waals surface area contributed by atoms with E-state index in [2.05, 4.69) is 10.6 Å². The number of piperidine rings is 1. The molecule has 0 unspecified atom stereocenters. The van der Waals surface area contributed by atoms with E-state index in [0.29, 0.717) is 17.5 Å². The normalized spacial score (nSPS) is 21.7. The highest BCUT2D eigenvalue weighted by Gasteiger charge is 2.49. The Balaban J connectivity index is 1.71. The molecule has 0 saturated carbocycles. The number of fused-ring (bicyclic) bond motifs is 1. The summed E-state index contributed by atoms with van der Waals surface area (Å²) in [6.45, 7) is 5.37. The van der Waals surface area contributed by atoms with Crippen molar-refractivity contribution in [2.75, 3.05) is 19.6 Å². The van der Waals surface area contributed by atoms with Crippen molar-refractivity contribution in [3.63, 3.8) is 0 Å². The van der Waals surface area contributed by atoms with Crippen LogP contribution in [0.4, 0.5) is 4.39 Å². The summed E-state index contributed by atoms with van der Waals surface area (Å²) in [5.41, 5.74) is 0.469. The molecule has 144 valence electrons. The Morgan fingerprint density at radius 1 is 1.33 bits per heavy atom. The number of halogens is 1. The zero-order valence-corrected chi connectivity index (χ0v) is 15.6. The van der Waals surface area contributed by atoms with Gasteiger partial charge in [0.2, 0.25) is 5.91 Å². The Bertz CT molecular complexity index is 901. The van der Waals surface area contributed by atoms with Crippen LogP contribution in [0.1, 0.15) is 42.3 Å². The summed E-state index contributed by atoms with van der Waals surface area (Å²) >= 11 is 0. The van der Waals surface area contributed by atoms with Crippen molar-refractivity contribution in [1.82, 2.24) is 15.5 Å². The fourth-order valence-corrected chi connectivity index (χ4v) is 4.63. The van der Waals surface area contributed by atoms with Crippen LogP contribution in [0.2, 0.25) is 0 Å². The standard InChI is InChI=1S/C20H24FN3O3/c1-12-15-4-3-5-16(21)18(15)27-17(12)19(26)24-11-14(23-13(2)25)10-20(24)6-8-22-9-7-20/h3-5,14,22H,6-11H2,1-2H3,(H,23,25)/t14-/m0/s1. The van der Waals surface area contributed by atoms with E-state index in [0.717, 1.165) is 32.4 Å². The average molecular weight is 373 g/mol. The molecule has 0 bridgehead atoms. The second-order valence-corrected chi connectivity index (χ2v) is 7.66. The zero-order chi connectivity index (χ0) is 19.2. The first-order valence-corrected chi connectivity index (χ1v) is 9.39. The van der Waals surface area contributed by atoms with E-state index >= 15 is 0 Å². The molecule has 3 heterocycles. The second kappa shape index (κ2) is 6.64. The van der Waals surface area contributed by atoms with Crippen molar-refractivity contribution in [3.05, 3.63) is 35.3 Å². The van der Waals surface area contributed by atoms with Gasteiger partial charge in [0.05, 0.1) is 0 Å². The van der Waals surface area contributed by atoms with E-state index in [-0.39, 0.29) is 34.7 Å². The Hall–Kier alpha value is -2.41. The fraction of sp³-hybridized carbons (Fsp3) is 0.500. The zero-order valence-electron chi connectivity index (χ0n) is 15.6. The van der Waals surface area contributed by atoms with Gasteiger partial charge in [-0.15, -0.1) is 0 Å². The summed E-state index contributed by atoms with van der Waals surface area (Å²) in [6.07, 6.45) is 2.37. The Kier molecular flexibility index (Phi) is 4.42. The lowest BCUT2D eigenvalue weighted by molar-refractivity contribution is -0.119. The molecule has 1 spiro atoms. The molecule has 1 aromatic heterocycles. The maximum absolute atomic E-state index is 14.1. The van der Waals surface area contributed by atoms with Crippen LogP contribution in [0, 0.1) is 12.7 Å². The van der Waals surface area contributed by atoms with Gasteiger partial charge in [-0.05, 0) is 45.3 Å². The molecule has 4 rings (SSSR count). The predicted molar refractivity (Wildman–Crippen MR) is 99.0 cm³/mol. The molecule has 6 nitrogen and oxygen atoms in total. The van der Waals surface area contributed by atoms with Crippen LogP contribution in [0.3, 0.4) is 0 Å². The molecule has 27 heavy (non-hydrogen) atoms. The number of carbonyl (C=O) groups is 2. The second-order valence-electron chi connectivity index (χ2n) is 7.66. The Labute approximate surface area is 157 Å². The summed E-state index contributed by atoms with van der Waals surface area (Å²) in [5, 5.41) is 6.91. The lowest BCUT2D eigenvalue weighted by Crippen LogP contribution is -2.53. The fourth-order valence-electron chi connectivity index (χ4n) is 4.63. The van der Waals surface area contributed by atoms with Crippen LogP contribution in [0.15, 0.2) is 22.6 Å². The first kappa shape index (κ1) is 18.0. The molecule has 2 fully saturated rings. The van der Waals surface area contributed by atoms with Crippen molar-refractivity contribution < 1.29 is 18.4 Å². The van der Waals surface area contributed by atoms with Gasteiger partial charge >= 0.3 is 0 Å². The average Bonchev–Trinajstić information content (AvgIpc) is 3.14. The van der Waals surface area contributed by atoms with E-state index < -0.39 is 5.82 Å². The van der Waals surface area contributed by atoms with Gasteiger partial charge in [0.15, 0.2) is 17.2 Å². The molecule has 0 aliphatic carbocycles. The number of nitrogens with zero attached hydrogens (tertiary/aromatic N) is 1. The molecule has 2 amide bonds. The molecule has 2 saturated heterocycles. The molecule has 7 heteroatoms. The van der Waals surface area contributed by atoms with E-state index in [1.165, 1.54) is 13.0 Å². The third-order valence-corrected chi connectivity index (χ3v) is 5.90. The summed E-state index contributed by atoms with van der Waals surface area (Å²) < 4.78 is 19.8. The van der Waals surface area contributed by atoms with Gasteiger partial charge in [0.1, 0.15) is 0 Å². The summed E-state index contributed by atoms with van der Waals surface area (Å²) in [6, 6.07) is 4.63. The summed E-state index contributed by atoms with van der Waals surface area (Å²) in [4.78, 5) is 26.8. The number of furan rings is 1. The number of hydrogen-bond acceptors (Lipinski definition) is 4. The molecule has 2 aromatic rings. The highest BCUT2D eigenvalue weighted by atomic mass is 19.1. The van der Waals surface area contributed by atoms with Crippen LogP contribution in [0.25, 0.3) is 11.0 Å². The largest absolute Gasteiger partial charge is 0.448 e. The predicted octanol–water partition coefficient (Wildman–Crippen LogP) is 2.35. The van der Waals surface area contributed by atoms with Crippen LogP contribution in [-0.4, -0.2) is 47.9 Å². The molecule has 2 aliphatic heterocycles. The molecular weight excluding hydrogens is 349 g/mol. The number of benzene rings is 1. The van der Waals surface area contributed by atoms with Gasteiger partial charge in [-0.3, -0.25) is 9.59 Å². The molecule has 0 radical (unpaired) electrons. The van der Waals surface area contributed by atoms with Crippen molar-refractivity contribution in [1.29, 1.82) is 0 Å². The molecule has 2 aliphatic rings. The Morgan fingerprint density at radius 3 is 2.74 bits per heavy atom. The van der Waals surface area contributed by atoms with Crippen molar-refractivity contribution in [2.45, 2.75) is 44.7 Å². The maximum Gasteiger partial charge on any atom is 0.290 e. The highest BCUT2D eigenvalue weighted by Crippen LogP contribution is 2.39. The monoisotopic (exact) mass is 373 g/mol. The minimum Gasteiger partial charge on any atom is -0.448 e.